The zero-order valence-corrected chi connectivity index (χ0v) is 16.3. The summed E-state index contributed by atoms with van der Waals surface area (Å²) in [6.45, 7) is 5.53. The smallest absolute Gasteiger partial charge is 0.332 e. The maximum Gasteiger partial charge on any atom is 0.332 e. The molecular weight excluding hydrogens is 364 g/mol. The second kappa shape index (κ2) is 6.31. The average molecular weight is 382 g/mol. The molecule has 0 fully saturated rings. The summed E-state index contributed by atoms with van der Waals surface area (Å²) in [5, 5.41) is 2.39. The Morgan fingerprint density at radius 1 is 1.19 bits per heavy atom. The highest BCUT2D eigenvalue weighted by molar-refractivity contribution is 7.13. The maximum absolute atomic E-state index is 13.0. The van der Waals surface area contributed by atoms with Gasteiger partial charge in [-0.15, -0.1) is 11.3 Å². The van der Waals surface area contributed by atoms with Gasteiger partial charge in [0.25, 0.3) is 5.56 Å². The molecule has 138 valence electrons. The number of nitrogens with zero attached hydrogens (tertiary/aromatic N) is 4. The van der Waals surface area contributed by atoms with Crippen LogP contribution in [0.25, 0.3) is 21.8 Å². The number of aryl methyl sites for hydroxylation is 4. The lowest BCUT2D eigenvalue weighted by atomic mass is 10.1. The molecule has 0 aliphatic heterocycles. The van der Waals surface area contributed by atoms with Gasteiger partial charge in [-0.2, -0.15) is 0 Å². The van der Waals surface area contributed by atoms with Crippen LogP contribution < -0.4 is 11.2 Å². The van der Waals surface area contributed by atoms with Crippen molar-refractivity contribution in [1.29, 1.82) is 0 Å². The van der Waals surface area contributed by atoms with Crippen molar-refractivity contribution in [2.75, 3.05) is 0 Å². The van der Waals surface area contributed by atoms with Gasteiger partial charge < -0.3 is 4.42 Å². The molecule has 4 aromatic rings. The highest BCUT2D eigenvalue weighted by atomic mass is 32.1. The average Bonchev–Trinajstić information content (AvgIpc) is 3.26. The van der Waals surface area contributed by atoms with Crippen LogP contribution in [-0.2, 0) is 13.6 Å². The van der Waals surface area contributed by atoms with Crippen LogP contribution in [0.4, 0.5) is 0 Å². The highest BCUT2D eigenvalue weighted by Gasteiger charge is 2.18. The standard InChI is InChI=1S/C19H18N4O3S/c1-10-8-11(2)20-16-15(10)18(24)23(19(25)22(16)4)9-13-12(3)26-17(21-13)14-6-5-7-27-14/h5-8H,9H2,1-4H3. The van der Waals surface area contributed by atoms with Crippen molar-refractivity contribution in [3.8, 4) is 10.8 Å². The van der Waals surface area contributed by atoms with Crippen molar-refractivity contribution in [3.05, 3.63) is 67.1 Å². The fraction of sp³-hybridized carbons (Fsp3) is 0.263. The van der Waals surface area contributed by atoms with Crippen LogP contribution in [0.1, 0.15) is 22.7 Å². The number of aromatic nitrogens is 4. The molecule has 4 aromatic heterocycles. The van der Waals surface area contributed by atoms with Crippen LogP contribution in [0.2, 0.25) is 0 Å². The SMILES string of the molecule is Cc1cc(C)c2c(=O)n(Cc3nc(-c4cccs4)oc3C)c(=O)n(C)c2n1. The van der Waals surface area contributed by atoms with Crippen molar-refractivity contribution in [1.82, 2.24) is 19.1 Å². The molecule has 8 heteroatoms. The van der Waals surface area contributed by atoms with E-state index in [1.165, 1.54) is 20.5 Å². The van der Waals surface area contributed by atoms with E-state index in [4.69, 9.17) is 4.42 Å². The Morgan fingerprint density at radius 2 is 1.96 bits per heavy atom. The van der Waals surface area contributed by atoms with Crippen molar-refractivity contribution in [2.45, 2.75) is 27.3 Å². The van der Waals surface area contributed by atoms with Crippen LogP contribution >= 0.6 is 11.3 Å². The first-order valence-corrected chi connectivity index (χ1v) is 9.32. The number of rotatable bonds is 3. The van der Waals surface area contributed by atoms with E-state index in [0.29, 0.717) is 28.4 Å². The van der Waals surface area contributed by atoms with Gasteiger partial charge in [0, 0.05) is 12.7 Å². The zero-order chi connectivity index (χ0) is 19.3. The minimum atomic E-state index is -0.426. The summed E-state index contributed by atoms with van der Waals surface area (Å²) in [5.41, 5.74) is 1.73. The minimum absolute atomic E-state index is 0.0511. The summed E-state index contributed by atoms with van der Waals surface area (Å²) in [4.78, 5) is 35.6. The fourth-order valence-corrected chi connectivity index (χ4v) is 3.84. The van der Waals surface area contributed by atoms with Crippen molar-refractivity contribution < 1.29 is 4.42 Å². The summed E-state index contributed by atoms with van der Waals surface area (Å²) < 4.78 is 8.33. The summed E-state index contributed by atoms with van der Waals surface area (Å²) in [6.07, 6.45) is 0. The molecule has 0 atom stereocenters. The van der Waals surface area contributed by atoms with Gasteiger partial charge in [-0.1, -0.05) is 6.07 Å². The van der Waals surface area contributed by atoms with Crippen LogP contribution in [0.15, 0.2) is 37.6 Å². The Kier molecular flexibility index (Phi) is 4.07. The Hall–Kier alpha value is -3.00. The third kappa shape index (κ3) is 2.82. The van der Waals surface area contributed by atoms with Crippen LogP contribution in [0, 0.1) is 20.8 Å². The molecule has 7 nitrogen and oxygen atoms in total. The lowest BCUT2D eigenvalue weighted by Gasteiger charge is -2.11. The van der Waals surface area contributed by atoms with Crippen LogP contribution in [0.3, 0.4) is 0 Å². The van der Waals surface area contributed by atoms with Gasteiger partial charge >= 0.3 is 5.69 Å². The largest absolute Gasteiger partial charge is 0.440 e. The molecule has 0 aromatic carbocycles. The molecule has 0 unspecified atom stereocenters. The number of hydrogen-bond acceptors (Lipinski definition) is 6. The van der Waals surface area contributed by atoms with E-state index in [9.17, 15) is 9.59 Å². The molecule has 4 heterocycles. The molecule has 0 aliphatic carbocycles. The summed E-state index contributed by atoms with van der Waals surface area (Å²) in [7, 11) is 1.62. The number of fused-ring (bicyclic) bond motifs is 1. The second-order valence-corrected chi connectivity index (χ2v) is 7.46. The van der Waals surface area contributed by atoms with Gasteiger partial charge in [0.05, 0.1) is 16.8 Å². The molecule has 0 aliphatic rings. The summed E-state index contributed by atoms with van der Waals surface area (Å²) in [6, 6.07) is 5.67. The summed E-state index contributed by atoms with van der Waals surface area (Å²) in [5.74, 6) is 1.09. The Morgan fingerprint density at radius 3 is 2.67 bits per heavy atom. The van der Waals surface area contributed by atoms with Gasteiger partial charge in [-0.3, -0.25) is 13.9 Å². The lowest BCUT2D eigenvalue weighted by Crippen LogP contribution is -2.40. The van der Waals surface area contributed by atoms with Crippen molar-refractivity contribution in [3.63, 3.8) is 0 Å². The van der Waals surface area contributed by atoms with Crippen molar-refractivity contribution >= 4 is 22.4 Å². The zero-order valence-electron chi connectivity index (χ0n) is 15.4. The Balaban J connectivity index is 1.89. The van der Waals surface area contributed by atoms with Gasteiger partial charge in [-0.25, -0.2) is 14.8 Å². The van der Waals surface area contributed by atoms with Crippen LogP contribution in [0.5, 0.6) is 0 Å². The predicted molar refractivity (Wildman–Crippen MR) is 104 cm³/mol. The number of pyridine rings is 1. The normalized spacial score (nSPS) is 11.4. The number of hydrogen-bond donors (Lipinski definition) is 0. The molecule has 27 heavy (non-hydrogen) atoms. The van der Waals surface area contributed by atoms with Crippen molar-refractivity contribution in [2.24, 2.45) is 7.05 Å². The molecule has 0 bridgehead atoms. The maximum atomic E-state index is 13.0. The summed E-state index contributed by atoms with van der Waals surface area (Å²) >= 11 is 1.52. The predicted octanol–water partition coefficient (Wildman–Crippen LogP) is 2.79. The fourth-order valence-electron chi connectivity index (χ4n) is 3.19. The van der Waals surface area contributed by atoms with E-state index in [1.54, 1.807) is 14.0 Å². The Labute approximate surface area is 158 Å². The second-order valence-electron chi connectivity index (χ2n) is 6.51. The molecular formula is C19H18N4O3S. The molecule has 0 saturated carbocycles. The molecule has 0 saturated heterocycles. The highest BCUT2D eigenvalue weighted by Crippen LogP contribution is 2.26. The van der Waals surface area contributed by atoms with E-state index >= 15 is 0 Å². The van der Waals surface area contributed by atoms with Gasteiger partial charge in [0.1, 0.15) is 17.1 Å². The van der Waals surface area contributed by atoms with E-state index in [2.05, 4.69) is 9.97 Å². The van der Waals surface area contributed by atoms with Gasteiger partial charge in [0.2, 0.25) is 5.89 Å². The monoisotopic (exact) mass is 382 g/mol. The van der Waals surface area contributed by atoms with E-state index in [0.717, 1.165) is 16.1 Å². The van der Waals surface area contributed by atoms with Crippen LogP contribution in [-0.4, -0.2) is 19.1 Å². The van der Waals surface area contributed by atoms with E-state index in [-0.39, 0.29) is 12.1 Å². The van der Waals surface area contributed by atoms with E-state index < -0.39 is 5.69 Å². The van der Waals surface area contributed by atoms with Gasteiger partial charge in [-0.05, 0) is 43.8 Å². The van der Waals surface area contributed by atoms with E-state index in [1.807, 2.05) is 37.4 Å². The molecule has 0 spiro atoms. The lowest BCUT2D eigenvalue weighted by molar-refractivity contribution is 0.537. The first-order chi connectivity index (χ1) is 12.9. The molecule has 0 N–H and O–H groups in total. The first-order valence-electron chi connectivity index (χ1n) is 8.44. The number of thiophene rings is 1. The number of oxazole rings is 1. The topological polar surface area (TPSA) is 82.9 Å². The first kappa shape index (κ1) is 17.4. The Bertz CT molecular complexity index is 1280. The molecule has 0 amide bonds. The molecule has 0 radical (unpaired) electrons. The third-order valence-corrected chi connectivity index (χ3v) is 5.41. The quantitative estimate of drug-likeness (QED) is 0.544. The van der Waals surface area contributed by atoms with Gasteiger partial charge in [0.15, 0.2) is 0 Å². The minimum Gasteiger partial charge on any atom is -0.440 e. The molecule has 4 rings (SSSR count). The third-order valence-electron chi connectivity index (χ3n) is 4.55.